The Labute approximate surface area is 167 Å². The largest absolute Gasteiger partial charge is 0.493 e. The second-order valence-electron chi connectivity index (χ2n) is 6.95. The first-order chi connectivity index (χ1) is 13.9. The first-order valence-corrected chi connectivity index (χ1v) is 9.44. The van der Waals surface area contributed by atoms with Gasteiger partial charge in [0.25, 0.3) is 5.91 Å². The molecule has 1 aromatic heterocycles. The lowest BCUT2D eigenvalue weighted by atomic mass is 10.0. The van der Waals surface area contributed by atoms with Crippen LogP contribution in [0.15, 0.2) is 47.3 Å². The third-order valence-electron chi connectivity index (χ3n) is 4.45. The number of fused-ring (bicyclic) bond motifs is 1. The minimum absolute atomic E-state index is 0.144. The summed E-state index contributed by atoms with van der Waals surface area (Å²) < 4.78 is 5.51. The van der Waals surface area contributed by atoms with E-state index < -0.39 is 6.04 Å². The number of carbonyl (C=O) groups excluding carboxylic acids is 2. The van der Waals surface area contributed by atoms with Crippen LogP contribution < -0.4 is 21.1 Å². The van der Waals surface area contributed by atoms with Crippen LogP contribution in [0.5, 0.6) is 5.75 Å². The summed E-state index contributed by atoms with van der Waals surface area (Å²) in [6, 6.07) is 11.2. The van der Waals surface area contributed by atoms with E-state index in [2.05, 4.69) is 20.6 Å². The van der Waals surface area contributed by atoms with Gasteiger partial charge in [-0.25, -0.2) is 4.79 Å². The van der Waals surface area contributed by atoms with Gasteiger partial charge in [-0.1, -0.05) is 26.0 Å². The number of ether oxygens (including phenoxy) is 1. The predicted molar refractivity (Wildman–Crippen MR) is 111 cm³/mol. The average molecular weight is 396 g/mol. The van der Waals surface area contributed by atoms with Crippen LogP contribution in [0, 0.1) is 5.92 Å². The van der Waals surface area contributed by atoms with Crippen LogP contribution in [0.2, 0.25) is 0 Å². The number of H-pyrrole nitrogens is 2. The molecule has 8 heteroatoms. The third kappa shape index (κ3) is 4.66. The van der Waals surface area contributed by atoms with Gasteiger partial charge in [0.15, 0.2) is 0 Å². The molecule has 0 spiro atoms. The fourth-order valence-electron chi connectivity index (χ4n) is 3.02. The van der Waals surface area contributed by atoms with Crippen LogP contribution in [0.1, 0.15) is 31.1 Å². The summed E-state index contributed by atoms with van der Waals surface area (Å²) in [4.78, 5) is 42.3. The fourth-order valence-corrected chi connectivity index (χ4v) is 3.02. The van der Waals surface area contributed by atoms with E-state index >= 15 is 0 Å². The zero-order valence-corrected chi connectivity index (χ0v) is 16.5. The Morgan fingerprint density at radius 3 is 2.52 bits per heavy atom. The van der Waals surface area contributed by atoms with Crippen molar-refractivity contribution in [2.24, 2.45) is 5.92 Å². The van der Waals surface area contributed by atoms with Crippen molar-refractivity contribution < 1.29 is 14.3 Å². The third-order valence-corrected chi connectivity index (χ3v) is 4.45. The molecule has 0 aliphatic heterocycles. The highest BCUT2D eigenvalue weighted by Gasteiger charge is 2.26. The van der Waals surface area contributed by atoms with Gasteiger partial charge in [0, 0.05) is 5.69 Å². The van der Waals surface area contributed by atoms with Crippen molar-refractivity contribution in [2.75, 3.05) is 11.9 Å². The second kappa shape index (κ2) is 8.64. The fraction of sp³-hybridized carbons (Fsp3) is 0.286. The Morgan fingerprint density at radius 1 is 1.07 bits per heavy atom. The van der Waals surface area contributed by atoms with Crippen LogP contribution in [-0.2, 0) is 4.79 Å². The van der Waals surface area contributed by atoms with Crippen molar-refractivity contribution in [2.45, 2.75) is 26.8 Å². The number of carbonyl (C=O) groups is 2. The smallest absolute Gasteiger partial charge is 0.323 e. The molecule has 8 nitrogen and oxygen atoms in total. The van der Waals surface area contributed by atoms with Crippen LogP contribution in [0.25, 0.3) is 11.0 Å². The van der Waals surface area contributed by atoms with Crippen LogP contribution in [-0.4, -0.2) is 34.4 Å². The van der Waals surface area contributed by atoms with E-state index in [4.69, 9.17) is 4.74 Å². The molecule has 0 saturated heterocycles. The van der Waals surface area contributed by atoms with Gasteiger partial charge >= 0.3 is 5.69 Å². The Morgan fingerprint density at radius 2 is 1.79 bits per heavy atom. The number of hydrogen-bond acceptors (Lipinski definition) is 4. The number of nitrogens with one attached hydrogen (secondary N) is 4. The molecular weight excluding hydrogens is 372 g/mol. The van der Waals surface area contributed by atoms with Crippen molar-refractivity contribution in [3.8, 4) is 5.75 Å². The highest BCUT2D eigenvalue weighted by atomic mass is 16.5. The van der Waals surface area contributed by atoms with Crippen molar-refractivity contribution >= 4 is 28.5 Å². The number of para-hydroxylation sites is 1. The van der Waals surface area contributed by atoms with Crippen molar-refractivity contribution in [1.29, 1.82) is 0 Å². The monoisotopic (exact) mass is 396 g/mol. The number of amides is 2. The van der Waals surface area contributed by atoms with E-state index in [1.807, 2.05) is 20.8 Å². The van der Waals surface area contributed by atoms with E-state index in [1.165, 1.54) is 0 Å². The number of anilines is 1. The van der Waals surface area contributed by atoms with Crippen LogP contribution >= 0.6 is 0 Å². The Hall–Kier alpha value is -3.55. The minimum Gasteiger partial charge on any atom is -0.493 e. The number of imidazole rings is 1. The first-order valence-electron chi connectivity index (χ1n) is 9.44. The molecule has 4 N–H and O–H groups in total. The molecule has 1 heterocycles. The quantitative estimate of drug-likeness (QED) is 0.491. The van der Waals surface area contributed by atoms with Gasteiger partial charge in [0.1, 0.15) is 11.8 Å². The van der Waals surface area contributed by atoms with Crippen LogP contribution in [0.3, 0.4) is 0 Å². The molecular formula is C21H24N4O4. The zero-order valence-electron chi connectivity index (χ0n) is 16.5. The number of benzene rings is 2. The lowest BCUT2D eigenvalue weighted by Gasteiger charge is -2.22. The molecule has 0 aliphatic rings. The molecule has 3 rings (SSSR count). The zero-order chi connectivity index (χ0) is 21.0. The lowest BCUT2D eigenvalue weighted by molar-refractivity contribution is -0.118. The predicted octanol–water partition coefficient (Wildman–Crippen LogP) is 2.65. The van der Waals surface area contributed by atoms with Gasteiger partial charge in [-0.05, 0) is 43.2 Å². The van der Waals surface area contributed by atoms with Crippen molar-refractivity contribution in [3.63, 3.8) is 0 Å². The molecule has 2 amide bonds. The molecule has 0 saturated carbocycles. The van der Waals surface area contributed by atoms with Gasteiger partial charge in [0.2, 0.25) is 5.91 Å². The molecule has 1 unspecified atom stereocenters. The van der Waals surface area contributed by atoms with E-state index in [0.717, 1.165) is 0 Å². The molecule has 1 atom stereocenters. The first kappa shape index (κ1) is 20.2. The summed E-state index contributed by atoms with van der Waals surface area (Å²) in [5, 5.41) is 5.60. The molecule has 0 fully saturated rings. The summed E-state index contributed by atoms with van der Waals surface area (Å²) in [7, 11) is 0. The average Bonchev–Trinajstić information content (AvgIpc) is 3.05. The summed E-state index contributed by atoms with van der Waals surface area (Å²) in [5.74, 6) is -0.404. The summed E-state index contributed by atoms with van der Waals surface area (Å²) in [5.41, 5.74) is 1.81. The molecule has 2 aromatic carbocycles. The Kier molecular flexibility index (Phi) is 6.01. The number of rotatable bonds is 7. The highest BCUT2D eigenvalue weighted by Crippen LogP contribution is 2.19. The number of aromatic nitrogens is 2. The van der Waals surface area contributed by atoms with Crippen molar-refractivity contribution in [1.82, 2.24) is 15.3 Å². The normalized spacial score (nSPS) is 12.0. The maximum atomic E-state index is 12.8. The standard InChI is InChI=1S/C21H24N4O4/c1-4-29-17-8-6-5-7-14(17)19(26)25-18(12(2)3)20(27)22-13-9-10-15-16(11-13)24-21(28)23-15/h5-12,18H,4H2,1-3H3,(H,22,27)(H,25,26)(H2,23,24,28). The van der Waals surface area contributed by atoms with Crippen LogP contribution in [0.4, 0.5) is 5.69 Å². The van der Waals surface area contributed by atoms with Gasteiger partial charge in [-0.2, -0.15) is 0 Å². The van der Waals surface area contributed by atoms with Gasteiger partial charge in [0.05, 0.1) is 23.2 Å². The maximum Gasteiger partial charge on any atom is 0.323 e. The van der Waals surface area contributed by atoms with Crippen molar-refractivity contribution in [3.05, 3.63) is 58.5 Å². The van der Waals surface area contributed by atoms with E-state index in [-0.39, 0.29) is 23.4 Å². The van der Waals surface area contributed by atoms with E-state index in [0.29, 0.717) is 34.6 Å². The second-order valence-corrected chi connectivity index (χ2v) is 6.95. The SMILES string of the molecule is CCOc1ccccc1C(=O)NC(C(=O)Nc1ccc2[nH]c(=O)[nH]c2c1)C(C)C. The summed E-state index contributed by atoms with van der Waals surface area (Å²) in [6.45, 7) is 5.98. The molecule has 152 valence electrons. The molecule has 0 radical (unpaired) electrons. The minimum atomic E-state index is -0.752. The van der Waals surface area contributed by atoms with E-state index in [1.54, 1.807) is 42.5 Å². The highest BCUT2D eigenvalue weighted by molar-refractivity contribution is 6.03. The number of aromatic amines is 2. The summed E-state index contributed by atoms with van der Waals surface area (Å²) in [6.07, 6.45) is 0. The molecule has 3 aromatic rings. The summed E-state index contributed by atoms with van der Waals surface area (Å²) >= 11 is 0. The topological polar surface area (TPSA) is 116 Å². The molecule has 0 bridgehead atoms. The lowest BCUT2D eigenvalue weighted by Crippen LogP contribution is -2.47. The molecule has 0 aliphatic carbocycles. The van der Waals surface area contributed by atoms with Gasteiger partial charge < -0.3 is 25.3 Å². The Balaban J connectivity index is 1.77. The number of hydrogen-bond donors (Lipinski definition) is 4. The molecule has 29 heavy (non-hydrogen) atoms. The van der Waals surface area contributed by atoms with Gasteiger partial charge in [-0.3, -0.25) is 9.59 Å². The van der Waals surface area contributed by atoms with E-state index in [9.17, 15) is 14.4 Å². The Bertz CT molecular complexity index is 1080. The van der Waals surface area contributed by atoms with Gasteiger partial charge in [-0.15, -0.1) is 0 Å². The maximum absolute atomic E-state index is 12.8.